The third-order valence-corrected chi connectivity index (χ3v) is 6.07. The van der Waals surface area contributed by atoms with Crippen LogP contribution in [0.5, 0.6) is 0 Å². The van der Waals surface area contributed by atoms with Gasteiger partial charge in [-0.2, -0.15) is 0 Å². The normalized spacial score (nSPS) is 12.4. The number of nitrogens with zero attached hydrogens (tertiary/aromatic N) is 3. The van der Waals surface area contributed by atoms with E-state index < -0.39 is 0 Å². The van der Waals surface area contributed by atoms with Gasteiger partial charge in [0.15, 0.2) is 0 Å². The summed E-state index contributed by atoms with van der Waals surface area (Å²) in [5.41, 5.74) is 5.69. The molecule has 4 rings (SSSR count). The van der Waals surface area contributed by atoms with Gasteiger partial charge in [-0.05, 0) is 36.6 Å². The molecule has 27 heavy (non-hydrogen) atoms. The van der Waals surface area contributed by atoms with Crippen molar-refractivity contribution in [3.63, 3.8) is 0 Å². The Morgan fingerprint density at radius 2 is 1.85 bits per heavy atom. The van der Waals surface area contributed by atoms with E-state index in [9.17, 15) is 0 Å². The number of aromatic nitrogens is 3. The number of rotatable bonds is 5. The molecule has 0 N–H and O–H groups in total. The van der Waals surface area contributed by atoms with E-state index in [0.29, 0.717) is 5.25 Å². The fraction of sp³-hybridized carbons (Fsp3) is 0.217. The lowest BCUT2D eigenvalue weighted by molar-refractivity contribution is 0.901. The van der Waals surface area contributed by atoms with E-state index in [1.807, 2.05) is 11.8 Å². The molecule has 0 aliphatic rings. The molecule has 4 heteroatoms. The maximum absolute atomic E-state index is 4.67. The summed E-state index contributed by atoms with van der Waals surface area (Å²) in [6.07, 6.45) is 4.99. The molecule has 2 heterocycles. The first kappa shape index (κ1) is 17.8. The molecule has 4 aromatic rings. The summed E-state index contributed by atoms with van der Waals surface area (Å²) in [7, 11) is 0. The van der Waals surface area contributed by atoms with E-state index in [-0.39, 0.29) is 0 Å². The Labute approximate surface area is 164 Å². The molecule has 0 amide bonds. The maximum atomic E-state index is 4.67. The van der Waals surface area contributed by atoms with E-state index in [2.05, 4.69) is 96.1 Å². The van der Waals surface area contributed by atoms with Gasteiger partial charge in [-0.25, -0.2) is 9.97 Å². The third kappa shape index (κ3) is 3.50. The first-order chi connectivity index (χ1) is 13.2. The van der Waals surface area contributed by atoms with Crippen LogP contribution in [0.4, 0.5) is 0 Å². The van der Waals surface area contributed by atoms with Gasteiger partial charge in [0.1, 0.15) is 17.0 Å². The minimum atomic E-state index is 0.508. The Morgan fingerprint density at radius 3 is 2.59 bits per heavy atom. The first-order valence-corrected chi connectivity index (χ1v) is 10.2. The molecule has 0 unspecified atom stereocenters. The van der Waals surface area contributed by atoms with Crippen LogP contribution in [0.25, 0.3) is 27.8 Å². The average Bonchev–Trinajstić information content (AvgIpc) is 3.09. The third-order valence-electron chi connectivity index (χ3n) is 4.80. The van der Waals surface area contributed by atoms with Crippen molar-refractivity contribution in [2.75, 3.05) is 0 Å². The Hall–Kier alpha value is -2.59. The molecule has 136 valence electrons. The van der Waals surface area contributed by atoms with Gasteiger partial charge in [0, 0.05) is 22.7 Å². The number of aryl methyl sites for hydroxylation is 1. The van der Waals surface area contributed by atoms with Gasteiger partial charge in [0.25, 0.3) is 0 Å². The monoisotopic (exact) mass is 373 g/mol. The molecule has 0 spiro atoms. The Morgan fingerprint density at radius 1 is 1.04 bits per heavy atom. The fourth-order valence-corrected chi connectivity index (χ4v) is 4.18. The Bertz CT molecular complexity index is 1070. The largest absolute Gasteiger partial charge is 0.301 e. The standard InChI is InChI=1S/C23H23N3S/c1-4-17(3)27-23-21-20(18-10-6-5-7-11-18)14-26(22(21)24-15-25-23)19-12-8-9-16(2)13-19/h5-15,17H,4H2,1-3H3/t17-/m1/s1. The lowest BCUT2D eigenvalue weighted by Gasteiger charge is -2.10. The highest BCUT2D eigenvalue weighted by atomic mass is 32.2. The van der Waals surface area contributed by atoms with Crippen LogP contribution >= 0.6 is 11.8 Å². The smallest absolute Gasteiger partial charge is 0.149 e. The predicted molar refractivity (Wildman–Crippen MR) is 115 cm³/mol. The minimum Gasteiger partial charge on any atom is -0.301 e. The molecule has 0 saturated heterocycles. The highest BCUT2D eigenvalue weighted by Gasteiger charge is 2.18. The zero-order valence-corrected chi connectivity index (χ0v) is 16.7. The molecule has 0 fully saturated rings. The van der Waals surface area contributed by atoms with Gasteiger partial charge in [-0.3, -0.25) is 0 Å². The summed E-state index contributed by atoms with van der Waals surface area (Å²) in [5.74, 6) is 0. The van der Waals surface area contributed by atoms with Crippen LogP contribution in [-0.2, 0) is 0 Å². The highest BCUT2D eigenvalue weighted by Crippen LogP contribution is 2.38. The topological polar surface area (TPSA) is 30.7 Å². The quantitative estimate of drug-likeness (QED) is 0.304. The zero-order valence-electron chi connectivity index (χ0n) is 15.9. The van der Waals surface area contributed by atoms with Gasteiger partial charge in [-0.1, -0.05) is 56.3 Å². The van der Waals surface area contributed by atoms with Crippen molar-refractivity contribution < 1.29 is 0 Å². The molecular formula is C23H23N3S. The van der Waals surface area contributed by atoms with Crippen LogP contribution in [0.15, 0.2) is 72.1 Å². The number of fused-ring (bicyclic) bond motifs is 1. The van der Waals surface area contributed by atoms with Crippen molar-refractivity contribution in [3.8, 4) is 16.8 Å². The number of benzene rings is 2. The summed E-state index contributed by atoms with van der Waals surface area (Å²) in [4.78, 5) is 9.31. The second kappa shape index (κ2) is 7.57. The highest BCUT2D eigenvalue weighted by molar-refractivity contribution is 8.00. The molecule has 0 saturated carbocycles. The van der Waals surface area contributed by atoms with Crippen LogP contribution in [0.3, 0.4) is 0 Å². The fourth-order valence-electron chi connectivity index (χ4n) is 3.21. The summed E-state index contributed by atoms with van der Waals surface area (Å²) in [5, 5.41) is 2.70. The molecule has 2 aromatic carbocycles. The molecule has 0 aliphatic carbocycles. The zero-order chi connectivity index (χ0) is 18.8. The van der Waals surface area contributed by atoms with E-state index in [1.165, 1.54) is 16.7 Å². The van der Waals surface area contributed by atoms with Crippen LogP contribution < -0.4 is 0 Å². The Balaban J connectivity index is 2.00. The Kier molecular flexibility index (Phi) is 4.99. The van der Waals surface area contributed by atoms with E-state index >= 15 is 0 Å². The number of hydrogen-bond donors (Lipinski definition) is 0. The van der Waals surface area contributed by atoms with Crippen LogP contribution in [0.1, 0.15) is 25.8 Å². The van der Waals surface area contributed by atoms with Gasteiger partial charge >= 0.3 is 0 Å². The predicted octanol–water partition coefficient (Wildman–Crippen LogP) is 6.29. The summed E-state index contributed by atoms with van der Waals surface area (Å²) >= 11 is 1.83. The van der Waals surface area contributed by atoms with Crippen molar-refractivity contribution in [2.45, 2.75) is 37.5 Å². The summed E-state index contributed by atoms with van der Waals surface area (Å²) in [6.45, 7) is 6.58. The van der Waals surface area contributed by atoms with Gasteiger partial charge in [0.2, 0.25) is 0 Å². The number of hydrogen-bond acceptors (Lipinski definition) is 3. The lowest BCUT2D eigenvalue weighted by Crippen LogP contribution is -1.97. The van der Waals surface area contributed by atoms with Crippen molar-refractivity contribution in [3.05, 3.63) is 72.7 Å². The van der Waals surface area contributed by atoms with Crippen molar-refractivity contribution >= 4 is 22.8 Å². The molecule has 0 bridgehead atoms. The van der Waals surface area contributed by atoms with Gasteiger partial charge < -0.3 is 4.57 Å². The molecule has 0 radical (unpaired) electrons. The number of thioether (sulfide) groups is 1. The molecular weight excluding hydrogens is 350 g/mol. The first-order valence-electron chi connectivity index (χ1n) is 9.32. The second-order valence-corrected chi connectivity index (χ2v) is 8.26. The average molecular weight is 374 g/mol. The molecule has 0 aliphatic heterocycles. The SMILES string of the molecule is CC[C@@H](C)Sc1ncnc2c1c(-c1ccccc1)cn2-c1cccc(C)c1. The van der Waals surface area contributed by atoms with Crippen LogP contribution in [0, 0.1) is 6.92 Å². The van der Waals surface area contributed by atoms with E-state index in [1.54, 1.807) is 6.33 Å². The van der Waals surface area contributed by atoms with Crippen molar-refractivity contribution in [2.24, 2.45) is 0 Å². The second-order valence-electron chi connectivity index (χ2n) is 6.83. The van der Waals surface area contributed by atoms with Gasteiger partial charge in [0.05, 0.1) is 5.39 Å². The summed E-state index contributed by atoms with van der Waals surface area (Å²) < 4.78 is 2.19. The maximum Gasteiger partial charge on any atom is 0.149 e. The molecule has 1 atom stereocenters. The van der Waals surface area contributed by atoms with E-state index in [0.717, 1.165) is 28.2 Å². The minimum absolute atomic E-state index is 0.508. The lowest BCUT2D eigenvalue weighted by atomic mass is 10.1. The van der Waals surface area contributed by atoms with Crippen molar-refractivity contribution in [1.82, 2.24) is 14.5 Å². The summed E-state index contributed by atoms with van der Waals surface area (Å²) in [6, 6.07) is 19.0. The molecule has 2 aromatic heterocycles. The van der Waals surface area contributed by atoms with E-state index in [4.69, 9.17) is 0 Å². The van der Waals surface area contributed by atoms with Crippen LogP contribution in [-0.4, -0.2) is 19.8 Å². The van der Waals surface area contributed by atoms with Crippen LogP contribution in [0.2, 0.25) is 0 Å². The van der Waals surface area contributed by atoms with Crippen molar-refractivity contribution in [1.29, 1.82) is 0 Å². The molecule has 3 nitrogen and oxygen atoms in total. The van der Waals surface area contributed by atoms with Gasteiger partial charge in [-0.15, -0.1) is 11.8 Å².